The Morgan fingerprint density at radius 2 is 1.15 bits per heavy atom. The summed E-state index contributed by atoms with van der Waals surface area (Å²) in [5, 5.41) is 35.7. The van der Waals surface area contributed by atoms with E-state index in [0.29, 0.717) is 22.7 Å². The SMILES string of the molecule is N#Cc1ccc(N=Nc2ccc(N=Nc3ccc4c(S(=O)(=O)O)cc(S(=O)(=O)O)c(N)c4c3O)c3cc(S(=O)(=O)O)ccc23)cc1. The van der Waals surface area contributed by atoms with Crippen molar-refractivity contribution >= 4 is 80.3 Å². The molecule has 0 aromatic heterocycles. The van der Waals surface area contributed by atoms with Gasteiger partial charge in [0.15, 0.2) is 5.75 Å². The van der Waals surface area contributed by atoms with Crippen LogP contribution in [-0.4, -0.2) is 44.0 Å². The Morgan fingerprint density at radius 3 is 1.74 bits per heavy atom. The maximum Gasteiger partial charge on any atom is 0.296 e. The lowest BCUT2D eigenvalue weighted by atomic mass is 10.1. The van der Waals surface area contributed by atoms with Crippen LogP contribution in [0.4, 0.5) is 28.4 Å². The van der Waals surface area contributed by atoms with Crippen molar-refractivity contribution < 1.29 is 44.0 Å². The molecular weight excluding hydrogens is 665 g/mol. The fourth-order valence-electron chi connectivity index (χ4n) is 4.42. The molecule has 16 nitrogen and oxygen atoms in total. The third kappa shape index (κ3) is 6.24. The van der Waals surface area contributed by atoms with Crippen LogP contribution in [0.5, 0.6) is 5.75 Å². The largest absolute Gasteiger partial charge is 0.505 e. The molecule has 0 heterocycles. The van der Waals surface area contributed by atoms with Crippen LogP contribution in [0.15, 0.2) is 108 Å². The van der Waals surface area contributed by atoms with Gasteiger partial charge >= 0.3 is 0 Å². The molecule has 0 unspecified atom stereocenters. The molecule has 0 bridgehead atoms. The van der Waals surface area contributed by atoms with E-state index in [1.165, 1.54) is 30.3 Å². The van der Waals surface area contributed by atoms with Gasteiger partial charge in [0.05, 0.1) is 44.7 Å². The third-order valence-electron chi connectivity index (χ3n) is 6.55. The molecule has 0 aliphatic heterocycles. The maximum atomic E-state index is 12.0. The number of nitriles is 1. The predicted octanol–water partition coefficient (Wildman–Crippen LogP) is 5.72. The van der Waals surface area contributed by atoms with Crippen molar-refractivity contribution in [2.75, 3.05) is 5.73 Å². The molecular formula is C27H18N6O10S3. The quantitative estimate of drug-likeness (QED) is 0.0782. The normalized spacial score (nSPS) is 12.7. The van der Waals surface area contributed by atoms with Crippen LogP contribution in [0, 0.1) is 11.3 Å². The van der Waals surface area contributed by atoms with E-state index in [4.69, 9.17) is 11.0 Å². The zero-order chi connectivity index (χ0) is 33.6. The first kappa shape index (κ1) is 32.0. The zero-order valence-electron chi connectivity index (χ0n) is 22.7. The second-order valence-electron chi connectivity index (χ2n) is 9.44. The van der Waals surface area contributed by atoms with Crippen LogP contribution >= 0.6 is 0 Å². The Labute approximate surface area is 260 Å². The molecule has 5 aromatic carbocycles. The predicted molar refractivity (Wildman–Crippen MR) is 163 cm³/mol. The molecule has 0 radical (unpaired) electrons. The van der Waals surface area contributed by atoms with Crippen LogP contribution in [0.2, 0.25) is 0 Å². The Morgan fingerprint density at radius 1 is 0.609 bits per heavy atom. The smallest absolute Gasteiger partial charge is 0.296 e. The number of azo groups is 2. The molecule has 0 aliphatic carbocycles. The average Bonchev–Trinajstić information content (AvgIpc) is 2.98. The number of fused-ring (bicyclic) bond motifs is 2. The van der Waals surface area contributed by atoms with Gasteiger partial charge in [0.1, 0.15) is 15.5 Å². The topological polar surface area (TPSA) is 283 Å². The van der Waals surface area contributed by atoms with E-state index in [2.05, 4.69) is 20.5 Å². The highest BCUT2D eigenvalue weighted by atomic mass is 32.2. The number of hydrogen-bond acceptors (Lipinski definition) is 13. The summed E-state index contributed by atoms with van der Waals surface area (Å²) in [7, 11) is -14.9. The average molecular weight is 683 g/mol. The Balaban J connectivity index is 1.67. The molecule has 5 aromatic rings. The van der Waals surface area contributed by atoms with Crippen molar-refractivity contribution in [3.8, 4) is 11.8 Å². The van der Waals surface area contributed by atoms with Crippen molar-refractivity contribution in [2.45, 2.75) is 14.7 Å². The molecule has 0 atom stereocenters. The van der Waals surface area contributed by atoms with Gasteiger partial charge in [-0.25, -0.2) is 0 Å². The van der Waals surface area contributed by atoms with Gasteiger partial charge in [-0.3, -0.25) is 13.7 Å². The Bertz CT molecular complexity index is 2530. The fourth-order valence-corrected chi connectivity index (χ4v) is 6.36. The number of phenolic OH excluding ortho intramolecular Hbond substituents is 1. The number of benzene rings is 5. The number of anilines is 1. The van der Waals surface area contributed by atoms with Crippen LogP contribution in [0.25, 0.3) is 21.5 Å². The van der Waals surface area contributed by atoms with Crippen LogP contribution in [0.3, 0.4) is 0 Å². The number of nitrogen functional groups attached to an aromatic ring is 1. The standard InChI is InChI=1S/C27H18N6O10S3/c28-13-14-1-3-15(4-2-14)30-31-20-9-10-21(19-11-16(44(35,36)37)5-6-17(19)20)32-33-22-8-7-18-23(45(38,39)40)12-24(46(41,42)43)26(29)25(18)27(22)34/h1-12,34H,29H2,(H,35,36,37)(H,38,39,40)(H,41,42,43). The van der Waals surface area contributed by atoms with Gasteiger partial charge in [0.25, 0.3) is 30.4 Å². The molecule has 6 N–H and O–H groups in total. The summed E-state index contributed by atoms with van der Waals surface area (Å²) in [5.41, 5.74) is 5.80. The number of nitrogens with zero attached hydrogens (tertiary/aromatic N) is 5. The van der Waals surface area contributed by atoms with Gasteiger partial charge in [0.2, 0.25) is 0 Å². The van der Waals surface area contributed by atoms with Crippen LogP contribution in [-0.2, 0) is 30.4 Å². The van der Waals surface area contributed by atoms with E-state index in [0.717, 1.165) is 24.3 Å². The second-order valence-corrected chi connectivity index (χ2v) is 13.6. The monoisotopic (exact) mass is 682 g/mol. The summed E-state index contributed by atoms with van der Waals surface area (Å²) in [6.07, 6.45) is 0. The fraction of sp³-hybridized carbons (Fsp3) is 0. The van der Waals surface area contributed by atoms with Crippen molar-refractivity contribution in [2.24, 2.45) is 20.5 Å². The van der Waals surface area contributed by atoms with E-state index >= 15 is 0 Å². The lowest BCUT2D eigenvalue weighted by Gasteiger charge is -2.13. The van der Waals surface area contributed by atoms with E-state index in [1.54, 1.807) is 12.1 Å². The number of rotatable bonds is 7. The van der Waals surface area contributed by atoms with Crippen LogP contribution < -0.4 is 5.73 Å². The van der Waals surface area contributed by atoms with Gasteiger partial charge in [-0.15, -0.1) is 15.3 Å². The highest BCUT2D eigenvalue weighted by Gasteiger charge is 2.26. The highest BCUT2D eigenvalue weighted by molar-refractivity contribution is 7.87. The molecule has 0 amide bonds. The molecule has 234 valence electrons. The molecule has 19 heteroatoms. The Hall–Kier alpha value is -5.36. The van der Waals surface area contributed by atoms with Gasteiger partial charge in [-0.1, -0.05) is 12.1 Å². The second kappa shape index (κ2) is 11.5. The Kier molecular flexibility index (Phi) is 8.03. The summed E-state index contributed by atoms with van der Waals surface area (Å²) >= 11 is 0. The van der Waals surface area contributed by atoms with Crippen LogP contribution in [0.1, 0.15) is 5.56 Å². The van der Waals surface area contributed by atoms with Crippen molar-refractivity contribution in [3.05, 3.63) is 78.4 Å². The highest BCUT2D eigenvalue weighted by Crippen LogP contribution is 2.44. The third-order valence-corrected chi connectivity index (χ3v) is 9.19. The van der Waals surface area contributed by atoms with E-state index in [1.807, 2.05) is 6.07 Å². The summed E-state index contributed by atoms with van der Waals surface area (Å²) in [4.78, 5) is -2.57. The van der Waals surface area contributed by atoms with Gasteiger partial charge in [0, 0.05) is 16.2 Å². The first-order chi connectivity index (χ1) is 21.5. The minimum absolute atomic E-state index is 0.00407. The minimum atomic E-state index is -5.13. The molecule has 0 saturated carbocycles. The van der Waals surface area contributed by atoms with Crippen molar-refractivity contribution in [1.82, 2.24) is 0 Å². The summed E-state index contributed by atoms with van der Waals surface area (Å²) in [6.45, 7) is 0. The molecule has 46 heavy (non-hydrogen) atoms. The molecule has 0 aliphatic rings. The lowest BCUT2D eigenvalue weighted by Crippen LogP contribution is -2.08. The van der Waals surface area contributed by atoms with E-state index < -0.39 is 67.3 Å². The first-order valence-electron chi connectivity index (χ1n) is 12.4. The van der Waals surface area contributed by atoms with Gasteiger partial charge in [-0.2, -0.15) is 35.6 Å². The van der Waals surface area contributed by atoms with E-state index in [9.17, 15) is 44.0 Å². The molecule has 5 rings (SSSR count). The summed E-state index contributed by atoms with van der Waals surface area (Å²) in [5.74, 6) is -0.870. The number of phenols is 1. The lowest BCUT2D eigenvalue weighted by molar-refractivity contribution is 0.478. The van der Waals surface area contributed by atoms with Gasteiger partial charge in [-0.05, 0) is 60.7 Å². The zero-order valence-corrected chi connectivity index (χ0v) is 25.2. The van der Waals surface area contributed by atoms with Crippen molar-refractivity contribution in [1.29, 1.82) is 5.26 Å². The minimum Gasteiger partial charge on any atom is -0.505 e. The van der Waals surface area contributed by atoms with Crippen molar-refractivity contribution in [3.63, 3.8) is 0 Å². The number of nitrogens with two attached hydrogens (primary N) is 1. The molecule has 0 spiro atoms. The first-order valence-corrected chi connectivity index (χ1v) is 16.7. The molecule has 0 saturated heterocycles. The van der Waals surface area contributed by atoms with E-state index in [-0.39, 0.29) is 22.4 Å². The summed E-state index contributed by atoms with van der Waals surface area (Å²) < 4.78 is 100. The number of aromatic hydroxyl groups is 1. The number of hydrogen-bond donors (Lipinski definition) is 5. The molecule has 0 fully saturated rings. The summed E-state index contributed by atoms with van der Waals surface area (Å²) in [6, 6.07) is 17.1. The van der Waals surface area contributed by atoms with Gasteiger partial charge < -0.3 is 10.8 Å². The maximum absolute atomic E-state index is 12.0.